The van der Waals surface area contributed by atoms with Gasteiger partial charge in [0, 0.05) is 5.69 Å². The Kier molecular flexibility index (Phi) is 4.77. The summed E-state index contributed by atoms with van der Waals surface area (Å²) in [6.45, 7) is 3.68. The molecule has 108 valence electrons. The van der Waals surface area contributed by atoms with Crippen molar-refractivity contribution in [2.75, 3.05) is 5.32 Å². The minimum atomic E-state index is -0.756. The highest BCUT2D eigenvalue weighted by molar-refractivity contribution is 5.95. The van der Waals surface area contributed by atoms with E-state index in [2.05, 4.69) is 12.2 Å². The maximum Gasteiger partial charge on any atom is 0.309 e. The van der Waals surface area contributed by atoms with Crippen LogP contribution in [0.5, 0.6) is 0 Å². The number of rotatable bonds is 5. The Morgan fingerprint density at radius 2 is 1.95 bits per heavy atom. The van der Waals surface area contributed by atoms with Crippen LogP contribution < -0.4 is 5.32 Å². The highest BCUT2D eigenvalue weighted by Gasteiger charge is 2.29. The summed E-state index contributed by atoms with van der Waals surface area (Å²) in [5, 5.41) is 2.76. The molecule has 0 radical (unpaired) electrons. The highest BCUT2D eigenvalue weighted by Crippen LogP contribution is 2.27. The van der Waals surface area contributed by atoms with E-state index in [0.29, 0.717) is 0 Å². The molecular weight excluding hydrogens is 254 g/mol. The van der Waals surface area contributed by atoms with Crippen molar-refractivity contribution in [3.63, 3.8) is 0 Å². The molecule has 1 aromatic carbocycles. The van der Waals surface area contributed by atoms with Crippen LogP contribution in [0.3, 0.4) is 0 Å². The minimum Gasteiger partial charge on any atom is -0.452 e. The van der Waals surface area contributed by atoms with Crippen LogP contribution >= 0.6 is 0 Å². The molecule has 4 heteroatoms. The van der Waals surface area contributed by atoms with E-state index in [-0.39, 0.29) is 17.8 Å². The zero-order valence-electron chi connectivity index (χ0n) is 12.0. The average Bonchev–Trinajstić information content (AvgIpc) is 2.37. The van der Waals surface area contributed by atoms with Gasteiger partial charge < -0.3 is 10.1 Å². The maximum absolute atomic E-state index is 11.9. The number of ether oxygens (including phenoxy) is 1. The maximum atomic E-state index is 11.9. The molecule has 1 atom stereocenters. The Morgan fingerprint density at radius 3 is 2.45 bits per heavy atom. The van der Waals surface area contributed by atoms with E-state index in [4.69, 9.17) is 4.74 Å². The van der Waals surface area contributed by atoms with Gasteiger partial charge in [0.15, 0.2) is 6.10 Å². The van der Waals surface area contributed by atoms with Crippen LogP contribution in [-0.2, 0) is 20.7 Å². The first-order valence-corrected chi connectivity index (χ1v) is 7.20. The smallest absolute Gasteiger partial charge is 0.309 e. The van der Waals surface area contributed by atoms with Crippen molar-refractivity contribution in [1.82, 2.24) is 0 Å². The molecule has 0 saturated heterocycles. The van der Waals surface area contributed by atoms with Gasteiger partial charge in [-0.3, -0.25) is 9.59 Å². The van der Waals surface area contributed by atoms with Crippen molar-refractivity contribution in [3.05, 3.63) is 29.8 Å². The molecule has 0 spiro atoms. The molecule has 0 unspecified atom stereocenters. The quantitative estimate of drug-likeness (QED) is 0.841. The summed E-state index contributed by atoms with van der Waals surface area (Å²) in [5.41, 5.74) is 1.94. The largest absolute Gasteiger partial charge is 0.452 e. The molecule has 1 aliphatic rings. The van der Waals surface area contributed by atoms with Crippen LogP contribution in [0.4, 0.5) is 5.69 Å². The molecule has 2 rings (SSSR count). The van der Waals surface area contributed by atoms with Crippen LogP contribution in [0.25, 0.3) is 0 Å². The summed E-state index contributed by atoms with van der Waals surface area (Å²) in [5.74, 6) is -0.545. The molecule has 1 amide bonds. The summed E-state index contributed by atoms with van der Waals surface area (Å²) in [6, 6.07) is 7.66. The summed E-state index contributed by atoms with van der Waals surface area (Å²) in [7, 11) is 0. The SMILES string of the molecule is CCc1ccc(NC(=O)[C@H](C)OC(=O)C2CCC2)cc1. The fourth-order valence-corrected chi connectivity index (χ4v) is 2.04. The first-order valence-electron chi connectivity index (χ1n) is 7.20. The molecule has 1 saturated carbocycles. The van der Waals surface area contributed by atoms with Crippen molar-refractivity contribution >= 4 is 17.6 Å². The van der Waals surface area contributed by atoms with Gasteiger partial charge >= 0.3 is 5.97 Å². The number of hydrogen-bond acceptors (Lipinski definition) is 3. The number of carbonyl (C=O) groups is 2. The summed E-state index contributed by atoms with van der Waals surface area (Å²) >= 11 is 0. The van der Waals surface area contributed by atoms with Gasteiger partial charge in [0.2, 0.25) is 0 Å². The third kappa shape index (κ3) is 3.59. The number of anilines is 1. The predicted octanol–water partition coefficient (Wildman–Crippen LogP) is 2.92. The minimum absolute atomic E-state index is 0.00547. The lowest BCUT2D eigenvalue weighted by molar-refractivity contribution is -0.159. The number of amides is 1. The van der Waals surface area contributed by atoms with Crippen LogP contribution in [0.2, 0.25) is 0 Å². The lowest BCUT2D eigenvalue weighted by Crippen LogP contribution is -2.34. The van der Waals surface area contributed by atoms with Crippen molar-refractivity contribution in [3.8, 4) is 0 Å². The van der Waals surface area contributed by atoms with Crippen LogP contribution in [0.1, 0.15) is 38.7 Å². The van der Waals surface area contributed by atoms with Gasteiger partial charge in [-0.05, 0) is 43.9 Å². The fraction of sp³-hybridized carbons (Fsp3) is 0.500. The first kappa shape index (κ1) is 14.6. The number of benzene rings is 1. The third-order valence-electron chi connectivity index (χ3n) is 3.73. The molecule has 1 fully saturated rings. The van der Waals surface area contributed by atoms with Gasteiger partial charge in [0.05, 0.1) is 5.92 Å². The van der Waals surface area contributed by atoms with E-state index in [0.717, 1.165) is 31.4 Å². The number of aryl methyl sites for hydroxylation is 1. The van der Waals surface area contributed by atoms with Crippen molar-refractivity contribution in [1.29, 1.82) is 0 Å². The standard InChI is InChI=1S/C16H21NO3/c1-3-12-7-9-14(10-8-12)17-15(18)11(2)20-16(19)13-5-4-6-13/h7-11,13H,3-6H2,1-2H3,(H,17,18)/t11-/m0/s1. The van der Waals surface area contributed by atoms with E-state index in [1.54, 1.807) is 6.92 Å². The Bertz CT molecular complexity index is 477. The second kappa shape index (κ2) is 6.55. The number of carbonyl (C=O) groups excluding carboxylic acids is 2. The monoisotopic (exact) mass is 275 g/mol. The van der Waals surface area contributed by atoms with Crippen LogP contribution in [0.15, 0.2) is 24.3 Å². The van der Waals surface area contributed by atoms with E-state index in [9.17, 15) is 9.59 Å². The Labute approximate surface area is 119 Å². The van der Waals surface area contributed by atoms with Gasteiger partial charge in [-0.15, -0.1) is 0 Å². The second-order valence-corrected chi connectivity index (χ2v) is 5.25. The molecule has 0 aromatic heterocycles. The van der Waals surface area contributed by atoms with E-state index in [1.807, 2.05) is 24.3 Å². The molecular formula is C16H21NO3. The normalized spacial score (nSPS) is 16.1. The first-order chi connectivity index (χ1) is 9.60. The van der Waals surface area contributed by atoms with E-state index in [1.165, 1.54) is 5.56 Å². The van der Waals surface area contributed by atoms with Gasteiger partial charge in [0.1, 0.15) is 0 Å². The lowest BCUT2D eigenvalue weighted by Gasteiger charge is -2.24. The van der Waals surface area contributed by atoms with Gasteiger partial charge in [-0.2, -0.15) is 0 Å². The van der Waals surface area contributed by atoms with Crippen molar-refractivity contribution < 1.29 is 14.3 Å². The number of hydrogen-bond donors (Lipinski definition) is 1. The second-order valence-electron chi connectivity index (χ2n) is 5.25. The van der Waals surface area contributed by atoms with Gasteiger partial charge in [-0.1, -0.05) is 25.5 Å². The van der Waals surface area contributed by atoms with Gasteiger partial charge in [-0.25, -0.2) is 0 Å². The van der Waals surface area contributed by atoms with Gasteiger partial charge in [0.25, 0.3) is 5.91 Å². The highest BCUT2D eigenvalue weighted by atomic mass is 16.5. The number of nitrogens with one attached hydrogen (secondary N) is 1. The molecule has 1 N–H and O–H groups in total. The Morgan fingerprint density at radius 1 is 1.30 bits per heavy atom. The molecule has 1 aliphatic carbocycles. The zero-order valence-corrected chi connectivity index (χ0v) is 12.0. The Hall–Kier alpha value is -1.84. The molecule has 20 heavy (non-hydrogen) atoms. The van der Waals surface area contributed by atoms with Crippen molar-refractivity contribution in [2.45, 2.75) is 45.6 Å². The third-order valence-corrected chi connectivity index (χ3v) is 3.73. The van der Waals surface area contributed by atoms with Crippen LogP contribution in [0, 0.1) is 5.92 Å². The molecule has 4 nitrogen and oxygen atoms in total. The van der Waals surface area contributed by atoms with E-state index < -0.39 is 6.10 Å². The Balaban J connectivity index is 1.84. The van der Waals surface area contributed by atoms with E-state index >= 15 is 0 Å². The molecule has 1 aromatic rings. The van der Waals surface area contributed by atoms with Crippen molar-refractivity contribution in [2.24, 2.45) is 5.92 Å². The lowest BCUT2D eigenvalue weighted by atomic mass is 9.86. The van der Waals surface area contributed by atoms with Crippen LogP contribution in [-0.4, -0.2) is 18.0 Å². The fourth-order valence-electron chi connectivity index (χ4n) is 2.04. The summed E-state index contributed by atoms with van der Waals surface area (Å²) < 4.78 is 5.18. The number of esters is 1. The average molecular weight is 275 g/mol. The summed E-state index contributed by atoms with van der Waals surface area (Å²) in [6.07, 6.45) is 3.04. The molecule has 0 bridgehead atoms. The molecule has 0 aliphatic heterocycles. The summed E-state index contributed by atoms with van der Waals surface area (Å²) in [4.78, 5) is 23.6. The zero-order chi connectivity index (χ0) is 14.5. The topological polar surface area (TPSA) is 55.4 Å². The molecule has 0 heterocycles. The predicted molar refractivity (Wildman–Crippen MR) is 77.3 cm³/mol.